The fraction of sp³-hybridized carbons (Fsp3) is 0.714. The molecular formula is C21H34N2O6. The van der Waals surface area contributed by atoms with Gasteiger partial charge >= 0.3 is 0 Å². The highest BCUT2D eigenvalue weighted by molar-refractivity contribution is 5.31. The minimum atomic E-state index is -0.743. The molecule has 0 aromatic heterocycles. The average Bonchev–Trinajstić information content (AvgIpc) is 3.44. The van der Waals surface area contributed by atoms with E-state index in [9.17, 15) is 10.2 Å². The fourth-order valence-corrected chi connectivity index (χ4v) is 3.41. The molecule has 4 unspecified atom stereocenters. The molecule has 0 spiro atoms. The van der Waals surface area contributed by atoms with Gasteiger partial charge in [-0.3, -0.25) is 5.32 Å². The molecule has 4 atom stereocenters. The number of ether oxygens (including phenoxy) is 4. The van der Waals surface area contributed by atoms with Crippen LogP contribution in [0.3, 0.4) is 0 Å². The molecule has 8 nitrogen and oxygen atoms in total. The van der Waals surface area contributed by atoms with Gasteiger partial charge in [0.2, 0.25) is 0 Å². The standard InChI is InChI=1S/C21H34N2O6/c24-16(11-22-12-19-3-1-9-26-19)14-28-17-5-7-18(8-6-17)29-15-21(25)23-13-20-4-2-10-27-20/h5-8,16,19-25H,1-4,9-15H2. The van der Waals surface area contributed by atoms with Crippen molar-refractivity contribution in [3.8, 4) is 11.5 Å². The number of benzene rings is 1. The largest absolute Gasteiger partial charge is 0.491 e. The van der Waals surface area contributed by atoms with Crippen LogP contribution in [0.15, 0.2) is 24.3 Å². The summed E-state index contributed by atoms with van der Waals surface area (Å²) in [5.74, 6) is 1.31. The van der Waals surface area contributed by atoms with Crippen molar-refractivity contribution < 1.29 is 29.2 Å². The Hall–Kier alpha value is -1.42. The highest BCUT2D eigenvalue weighted by Crippen LogP contribution is 2.18. The molecule has 4 N–H and O–H groups in total. The highest BCUT2D eigenvalue weighted by Gasteiger charge is 2.17. The lowest BCUT2D eigenvalue weighted by molar-refractivity contribution is 0.0520. The van der Waals surface area contributed by atoms with Crippen molar-refractivity contribution in [2.24, 2.45) is 0 Å². The monoisotopic (exact) mass is 410 g/mol. The van der Waals surface area contributed by atoms with Crippen molar-refractivity contribution in [3.63, 3.8) is 0 Å². The number of rotatable bonds is 13. The molecular weight excluding hydrogens is 376 g/mol. The first-order valence-electron chi connectivity index (χ1n) is 10.6. The summed E-state index contributed by atoms with van der Waals surface area (Å²) < 4.78 is 22.2. The van der Waals surface area contributed by atoms with E-state index in [1.807, 2.05) is 0 Å². The van der Waals surface area contributed by atoms with Gasteiger partial charge in [-0.05, 0) is 49.9 Å². The van der Waals surface area contributed by atoms with E-state index in [1.165, 1.54) is 0 Å². The normalized spacial score (nSPS) is 23.8. The lowest BCUT2D eigenvalue weighted by atomic mass is 10.2. The molecule has 2 aliphatic rings. The zero-order valence-electron chi connectivity index (χ0n) is 16.9. The minimum Gasteiger partial charge on any atom is -0.491 e. The van der Waals surface area contributed by atoms with Gasteiger partial charge in [0.15, 0.2) is 0 Å². The van der Waals surface area contributed by atoms with Crippen molar-refractivity contribution in [2.45, 2.75) is 50.2 Å². The molecule has 1 aromatic carbocycles. The lowest BCUT2D eigenvalue weighted by Crippen LogP contribution is -2.39. The summed E-state index contributed by atoms with van der Waals surface area (Å²) in [6.07, 6.45) is 3.42. The van der Waals surface area contributed by atoms with Crippen LogP contribution < -0.4 is 20.1 Å². The average molecular weight is 411 g/mol. The Morgan fingerprint density at radius 1 is 0.897 bits per heavy atom. The van der Waals surface area contributed by atoms with Crippen LogP contribution >= 0.6 is 0 Å². The first kappa shape index (κ1) is 22.3. The van der Waals surface area contributed by atoms with Gasteiger partial charge in [-0.25, -0.2) is 0 Å². The number of aliphatic hydroxyl groups excluding tert-OH is 2. The third-order valence-corrected chi connectivity index (χ3v) is 5.06. The van der Waals surface area contributed by atoms with Gasteiger partial charge in [0.25, 0.3) is 0 Å². The maximum Gasteiger partial charge on any atom is 0.139 e. The van der Waals surface area contributed by atoms with Crippen LogP contribution in [0.2, 0.25) is 0 Å². The summed E-state index contributed by atoms with van der Waals surface area (Å²) in [5, 5.41) is 26.2. The van der Waals surface area contributed by atoms with Crippen molar-refractivity contribution in [1.82, 2.24) is 10.6 Å². The molecule has 0 radical (unpaired) electrons. The molecule has 0 bridgehead atoms. The van der Waals surface area contributed by atoms with Gasteiger partial charge in [0.05, 0.1) is 12.2 Å². The maximum absolute atomic E-state index is 10.0. The predicted molar refractivity (Wildman–Crippen MR) is 108 cm³/mol. The minimum absolute atomic E-state index is 0.155. The molecule has 2 aliphatic heterocycles. The summed E-state index contributed by atoms with van der Waals surface area (Å²) >= 11 is 0. The Labute approximate surface area is 172 Å². The van der Waals surface area contributed by atoms with E-state index in [2.05, 4.69) is 10.6 Å². The summed E-state index contributed by atoms with van der Waals surface area (Å²) in [7, 11) is 0. The third-order valence-electron chi connectivity index (χ3n) is 5.06. The van der Waals surface area contributed by atoms with Gasteiger partial charge < -0.3 is 34.5 Å². The number of hydrogen-bond acceptors (Lipinski definition) is 8. The van der Waals surface area contributed by atoms with Crippen molar-refractivity contribution >= 4 is 0 Å². The van der Waals surface area contributed by atoms with Crippen molar-refractivity contribution in [1.29, 1.82) is 0 Å². The lowest BCUT2D eigenvalue weighted by Gasteiger charge is -2.17. The molecule has 2 fully saturated rings. The Morgan fingerprint density at radius 3 is 2.07 bits per heavy atom. The summed E-state index contributed by atoms with van der Waals surface area (Å²) in [5.41, 5.74) is 0. The van der Waals surface area contributed by atoms with Crippen LogP contribution in [0.1, 0.15) is 25.7 Å². The molecule has 1 aromatic rings. The first-order chi connectivity index (χ1) is 14.2. The SMILES string of the molecule is OC(CNCC1CCCO1)COc1ccc(OCC(O)NCC2CCCO2)cc1. The Balaban J connectivity index is 1.25. The van der Waals surface area contributed by atoms with E-state index in [1.54, 1.807) is 24.3 Å². The van der Waals surface area contributed by atoms with E-state index >= 15 is 0 Å². The second kappa shape index (κ2) is 12.3. The zero-order valence-corrected chi connectivity index (χ0v) is 16.9. The Morgan fingerprint density at radius 2 is 1.48 bits per heavy atom. The molecule has 164 valence electrons. The van der Waals surface area contributed by atoms with Crippen LogP contribution in [0.4, 0.5) is 0 Å². The topological polar surface area (TPSA) is 101 Å². The molecule has 29 heavy (non-hydrogen) atoms. The zero-order chi connectivity index (χ0) is 20.3. The second-order valence-corrected chi connectivity index (χ2v) is 7.60. The van der Waals surface area contributed by atoms with Gasteiger partial charge in [0, 0.05) is 32.8 Å². The molecule has 8 heteroatoms. The number of hydrogen-bond donors (Lipinski definition) is 4. The number of nitrogens with one attached hydrogen (secondary N) is 2. The van der Waals surface area contributed by atoms with Crippen LogP contribution in [-0.4, -0.2) is 80.8 Å². The maximum atomic E-state index is 10.0. The Kier molecular flexibility index (Phi) is 9.46. The predicted octanol–water partition coefficient (Wildman–Crippen LogP) is 0.661. The van der Waals surface area contributed by atoms with E-state index in [4.69, 9.17) is 18.9 Å². The van der Waals surface area contributed by atoms with E-state index < -0.39 is 12.3 Å². The summed E-state index contributed by atoms with van der Waals surface area (Å²) in [4.78, 5) is 0. The van der Waals surface area contributed by atoms with Crippen molar-refractivity contribution in [3.05, 3.63) is 24.3 Å². The molecule has 2 heterocycles. The van der Waals surface area contributed by atoms with Crippen LogP contribution in [-0.2, 0) is 9.47 Å². The van der Waals surface area contributed by atoms with Crippen LogP contribution in [0.25, 0.3) is 0 Å². The first-order valence-corrected chi connectivity index (χ1v) is 10.6. The molecule has 2 saturated heterocycles. The second-order valence-electron chi connectivity index (χ2n) is 7.60. The molecule has 0 aliphatic carbocycles. The highest BCUT2D eigenvalue weighted by atomic mass is 16.5. The van der Waals surface area contributed by atoms with Crippen LogP contribution in [0, 0.1) is 0 Å². The van der Waals surface area contributed by atoms with E-state index in [-0.39, 0.29) is 25.4 Å². The smallest absolute Gasteiger partial charge is 0.139 e. The quantitative estimate of drug-likeness (QED) is 0.352. The molecule has 0 saturated carbocycles. The summed E-state index contributed by atoms with van der Waals surface area (Å²) in [6, 6.07) is 7.14. The third kappa shape index (κ3) is 8.46. The molecule has 3 rings (SSSR count). The van der Waals surface area contributed by atoms with Gasteiger partial charge in [-0.15, -0.1) is 0 Å². The molecule has 0 amide bonds. The van der Waals surface area contributed by atoms with Gasteiger partial charge in [-0.1, -0.05) is 0 Å². The van der Waals surface area contributed by atoms with E-state index in [0.717, 1.165) is 45.4 Å². The number of aliphatic hydroxyl groups is 2. The van der Waals surface area contributed by atoms with Gasteiger partial charge in [0.1, 0.15) is 37.0 Å². The van der Waals surface area contributed by atoms with Gasteiger partial charge in [-0.2, -0.15) is 0 Å². The fourth-order valence-electron chi connectivity index (χ4n) is 3.41. The summed E-state index contributed by atoms with van der Waals surface area (Å²) in [6.45, 7) is 3.86. The Bertz CT molecular complexity index is 561. The van der Waals surface area contributed by atoms with Crippen molar-refractivity contribution in [2.75, 3.05) is 46.1 Å². The van der Waals surface area contributed by atoms with Crippen LogP contribution in [0.5, 0.6) is 11.5 Å². The van der Waals surface area contributed by atoms with E-state index in [0.29, 0.717) is 24.6 Å².